The van der Waals surface area contributed by atoms with Gasteiger partial charge in [0.05, 0.1) is 17.6 Å². The number of nitrogens with zero attached hydrogens (tertiary/aromatic N) is 1. The summed E-state index contributed by atoms with van der Waals surface area (Å²) in [5, 5.41) is 30.8. The van der Waals surface area contributed by atoms with E-state index in [4.69, 9.17) is 14.2 Å². The van der Waals surface area contributed by atoms with Crippen molar-refractivity contribution in [2.75, 3.05) is 19.9 Å². The summed E-state index contributed by atoms with van der Waals surface area (Å²) in [4.78, 5) is 27.6. The van der Waals surface area contributed by atoms with Crippen molar-refractivity contribution in [3.8, 4) is 11.5 Å². The van der Waals surface area contributed by atoms with Crippen LogP contribution in [0.3, 0.4) is 0 Å². The highest BCUT2D eigenvalue weighted by atomic mass is 16.7. The summed E-state index contributed by atoms with van der Waals surface area (Å²) in [5.74, 6) is -1.04. The molecule has 1 spiro atoms. The van der Waals surface area contributed by atoms with Crippen LogP contribution < -0.4 is 9.47 Å². The zero-order valence-electron chi connectivity index (χ0n) is 21.8. The molecule has 4 aliphatic rings. The standard InChI is InChI=1S/C28H37NO8/c1-17-14-27-8-5-10-29(27)11-6-18-12-20-21(36-16-35-20)13-19(18)23(27)24(17)37-25(32)28(34,15-22(30)31)9-4-7-26(2,3)33/h12-14,23-24,33-34H,4-11,15-16H2,1-3H3,(H,30,31)/t23-,24?,27+,28?/m1/s1. The van der Waals surface area contributed by atoms with E-state index in [9.17, 15) is 24.9 Å². The fraction of sp³-hybridized carbons (Fsp3) is 0.643. The normalized spacial score (nSPS) is 28.0. The van der Waals surface area contributed by atoms with E-state index < -0.39 is 35.7 Å². The molecular weight excluding hydrogens is 478 g/mol. The first-order valence-electron chi connectivity index (χ1n) is 13.2. The predicted molar refractivity (Wildman–Crippen MR) is 134 cm³/mol. The summed E-state index contributed by atoms with van der Waals surface area (Å²) in [6.45, 7) is 7.19. The fourth-order valence-corrected chi connectivity index (χ4v) is 6.75. The molecule has 2 unspecified atom stereocenters. The molecule has 202 valence electrons. The highest BCUT2D eigenvalue weighted by Crippen LogP contribution is 2.55. The van der Waals surface area contributed by atoms with Crippen LogP contribution in [0.4, 0.5) is 0 Å². The number of ether oxygens (including phenoxy) is 3. The Bertz CT molecular complexity index is 1120. The number of esters is 1. The molecule has 0 radical (unpaired) electrons. The van der Waals surface area contributed by atoms with Crippen molar-refractivity contribution in [2.45, 2.75) is 94.5 Å². The second-order valence-corrected chi connectivity index (χ2v) is 11.7. The maximum Gasteiger partial charge on any atom is 0.339 e. The van der Waals surface area contributed by atoms with Gasteiger partial charge < -0.3 is 29.5 Å². The number of hydrogen-bond donors (Lipinski definition) is 3. The molecule has 9 heteroatoms. The smallest absolute Gasteiger partial charge is 0.339 e. The highest BCUT2D eigenvalue weighted by molar-refractivity contribution is 5.85. The van der Waals surface area contributed by atoms with E-state index in [1.165, 1.54) is 0 Å². The first kappa shape index (κ1) is 26.0. The van der Waals surface area contributed by atoms with Gasteiger partial charge in [-0.3, -0.25) is 9.69 Å². The van der Waals surface area contributed by atoms with Gasteiger partial charge in [0.15, 0.2) is 17.1 Å². The van der Waals surface area contributed by atoms with Gasteiger partial charge in [-0.15, -0.1) is 0 Å². The second-order valence-electron chi connectivity index (χ2n) is 11.7. The Hall–Kier alpha value is -2.62. The topological polar surface area (TPSA) is 126 Å². The number of carbonyl (C=O) groups is 2. The quantitative estimate of drug-likeness (QED) is 0.354. The lowest BCUT2D eigenvalue weighted by atomic mass is 9.77. The van der Waals surface area contributed by atoms with Gasteiger partial charge in [-0.25, -0.2) is 4.79 Å². The fourth-order valence-electron chi connectivity index (χ4n) is 6.75. The van der Waals surface area contributed by atoms with Gasteiger partial charge in [-0.2, -0.15) is 0 Å². The van der Waals surface area contributed by atoms with E-state index in [1.807, 2.05) is 19.1 Å². The van der Waals surface area contributed by atoms with Crippen molar-refractivity contribution in [3.63, 3.8) is 0 Å². The average Bonchev–Trinajstić information content (AvgIpc) is 3.46. The molecule has 0 amide bonds. The lowest BCUT2D eigenvalue weighted by Gasteiger charge is -2.40. The minimum absolute atomic E-state index is 0.116. The zero-order valence-corrected chi connectivity index (χ0v) is 21.8. The largest absolute Gasteiger partial charge is 0.481 e. The molecule has 3 N–H and O–H groups in total. The Morgan fingerprint density at radius 1 is 1.16 bits per heavy atom. The Morgan fingerprint density at radius 3 is 2.59 bits per heavy atom. The molecule has 3 heterocycles. The Kier molecular flexibility index (Phi) is 6.53. The molecule has 37 heavy (non-hydrogen) atoms. The third kappa shape index (κ3) is 4.73. The van der Waals surface area contributed by atoms with E-state index >= 15 is 0 Å². The van der Waals surface area contributed by atoms with Crippen LogP contribution in [0.1, 0.15) is 76.3 Å². The van der Waals surface area contributed by atoms with Gasteiger partial charge in [0.2, 0.25) is 6.79 Å². The van der Waals surface area contributed by atoms with Crippen LogP contribution in [-0.2, 0) is 20.7 Å². The van der Waals surface area contributed by atoms with Gasteiger partial charge in [0.1, 0.15) is 6.10 Å². The summed E-state index contributed by atoms with van der Waals surface area (Å²) in [6.07, 6.45) is 4.05. The molecule has 5 rings (SSSR count). The van der Waals surface area contributed by atoms with E-state index in [-0.39, 0.29) is 31.1 Å². The third-order valence-electron chi connectivity index (χ3n) is 8.42. The number of benzene rings is 1. The number of carboxylic acid groups (broad SMARTS) is 1. The van der Waals surface area contributed by atoms with Crippen molar-refractivity contribution < 1.29 is 39.1 Å². The van der Waals surface area contributed by atoms with Crippen LogP contribution in [0, 0.1) is 0 Å². The van der Waals surface area contributed by atoms with Crippen LogP contribution in [0.25, 0.3) is 0 Å². The number of hydrogen-bond acceptors (Lipinski definition) is 8. The minimum Gasteiger partial charge on any atom is -0.481 e. The molecule has 4 atom stereocenters. The van der Waals surface area contributed by atoms with Crippen LogP contribution >= 0.6 is 0 Å². The van der Waals surface area contributed by atoms with E-state index in [1.54, 1.807) is 13.8 Å². The van der Waals surface area contributed by atoms with Gasteiger partial charge in [-0.05, 0) is 94.7 Å². The Labute approximate surface area is 217 Å². The molecular formula is C28H37NO8. The maximum absolute atomic E-state index is 13.5. The molecule has 3 aliphatic heterocycles. The van der Waals surface area contributed by atoms with Gasteiger partial charge in [-0.1, -0.05) is 6.08 Å². The summed E-state index contributed by atoms with van der Waals surface area (Å²) in [6, 6.07) is 4.03. The first-order valence-corrected chi connectivity index (χ1v) is 13.2. The van der Waals surface area contributed by atoms with Crippen molar-refractivity contribution >= 4 is 11.9 Å². The number of aliphatic carboxylic acids is 1. The molecule has 0 bridgehead atoms. The Balaban J connectivity index is 1.48. The lowest BCUT2D eigenvalue weighted by Crippen LogP contribution is -2.49. The van der Waals surface area contributed by atoms with Crippen LogP contribution in [0.5, 0.6) is 11.5 Å². The molecule has 1 aromatic carbocycles. The lowest BCUT2D eigenvalue weighted by molar-refractivity contribution is -0.176. The van der Waals surface area contributed by atoms with E-state index in [0.717, 1.165) is 49.1 Å². The van der Waals surface area contributed by atoms with Crippen molar-refractivity contribution in [2.24, 2.45) is 0 Å². The number of fused-ring (bicyclic) bond motifs is 3. The average molecular weight is 516 g/mol. The van der Waals surface area contributed by atoms with Crippen LogP contribution in [0.2, 0.25) is 0 Å². The highest BCUT2D eigenvalue weighted by Gasteiger charge is 2.57. The number of rotatable bonds is 8. The molecule has 0 aromatic heterocycles. The molecule has 1 saturated heterocycles. The van der Waals surface area contributed by atoms with Crippen LogP contribution in [0.15, 0.2) is 23.8 Å². The molecule has 1 aliphatic carbocycles. The summed E-state index contributed by atoms with van der Waals surface area (Å²) >= 11 is 0. The molecule has 0 saturated carbocycles. The first-order chi connectivity index (χ1) is 17.4. The van der Waals surface area contributed by atoms with E-state index in [2.05, 4.69) is 11.0 Å². The van der Waals surface area contributed by atoms with Crippen molar-refractivity contribution in [1.29, 1.82) is 0 Å². The number of carboxylic acids is 1. The SMILES string of the molecule is CC1=C[C@]23CCCN2CCc2cc4c(cc2[C@@H]3C1OC(=O)C(O)(CCCC(C)(C)O)CC(=O)O)OCO4. The molecule has 1 fully saturated rings. The van der Waals surface area contributed by atoms with E-state index in [0.29, 0.717) is 17.9 Å². The minimum atomic E-state index is -2.19. The second kappa shape index (κ2) is 9.29. The predicted octanol–water partition coefficient (Wildman–Crippen LogP) is 2.91. The summed E-state index contributed by atoms with van der Waals surface area (Å²) < 4.78 is 17.4. The Morgan fingerprint density at radius 2 is 1.89 bits per heavy atom. The van der Waals surface area contributed by atoms with Crippen molar-refractivity contribution in [3.05, 3.63) is 34.9 Å². The van der Waals surface area contributed by atoms with Gasteiger partial charge >= 0.3 is 11.9 Å². The summed E-state index contributed by atoms with van der Waals surface area (Å²) in [5.41, 5.74) is -0.441. The summed E-state index contributed by atoms with van der Waals surface area (Å²) in [7, 11) is 0. The molecule has 1 aromatic rings. The molecule has 9 nitrogen and oxygen atoms in total. The monoisotopic (exact) mass is 515 g/mol. The van der Waals surface area contributed by atoms with Crippen molar-refractivity contribution in [1.82, 2.24) is 4.90 Å². The van der Waals surface area contributed by atoms with Gasteiger partial charge in [0.25, 0.3) is 0 Å². The number of aliphatic hydroxyl groups is 2. The maximum atomic E-state index is 13.5. The zero-order chi connectivity index (χ0) is 26.6. The van der Waals surface area contributed by atoms with Crippen LogP contribution in [-0.4, -0.2) is 74.9 Å². The van der Waals surface area contributed by atoms with Gasteiger partial charge in [0, 0.05) is 12.5 Å². The number of carbonyl (C=O) groups excluding carboxylic acids is 1. The third-order valence-corrected chi connectivity index (χ3v) is 8.42.